The van der Waals surface area contributed by atoms with E-state index < -0.39 is 10.0 Å². The molecule has 4 nitrogen and oxygen atoms in total. The lowest BCUT2D eigenvalue weighted by Gasteiger charge is -2.09. The summed E-state index contributed by atoms with van der Waals surface area (Å²) in [7, 11) is -3.67. The van der Waals surface area contributed by atoms with Crippen molar-refractivity contribution in [3.8, 4) is 0 Å². The van der Waals surface area contributed by atoms with Gasteiger partial charge in [0.2, 0.25) is 10.0 Å². The smallest absolute Gasteiger partial charge is 0.240 e. The Bertz CT molecular complexity index is 854. The van der Waals surface area contributed by atoms with Crippen LogP contribution in [0.2, 0.25) is 5.02 Å². The molecule has 0 radical (unpaired) electrons. The number of halogens is 1. The average Bonchev–Trinajstić information content (AvgIpc) is 2.53. The topological polar surface area (TPSA) is 63.2 Å². The van der Waals surface area contributed by atoms with Gasteiger partial charge in [0.05, 0.1) is 4.90 Å². The van der Waals surface area contributed by atoms with Gasteiger partial charge in [-0.1, -0.05) is 41.4 Å². The molecule has 6 heteroatoms. The van der Waals surface area contributed by atoms with Crippen LogP contribution in [-0.2, 0) is 14.8 Å². The van der Waals surface area contributed by atoms with Crippen LogP contribution in [0.25, 0.3) is 6.08 Å². The number of carbonyl (C=O) groups excluding carboxylic acids is 1. The van der Waals surface area contributed by atoms with Gasteiger partial charge in [0.25, 0.3) is 0 Å². The minimum atomic E-state index is -3.67. The number of Topliss-reactive ketones (excluding diaryl/α,β-unsaturated/α-hetero) is 1. The van der Waals surface area contributed by atoms with Gasteiger partial charge in [0.1, 0.15) is 0 Å². The molecule has 0 heterocycles. The summed E-state index contributed by atoms with van der Waals surface area (Å²) in [5, 5.41) is 0.594. The van der Waals surface area contributed by atoms with Crippen molar-refractivity contribution in [2.24, 2.45) is 0 Å². The van der Waals surface area contributed by atoms with Crippen LogP contribution >= 0.6 is 11.6 Å². The monoisotopic (exact) mass is 363 g/mol. The number of hydrogen-bond acceptors (Lipinski definition) is 3. The molecule has 2 aromatic carbocycles. The molecular weight excluding hydrogens is 346 g/mol. The van der Waals surface area contributed by atoms with Crippen LogP contribution in [0.3, 0.4) is 0 Å². The molecule has 0 spiro atoms. The fourth-order valence-electron chi connectivity index (χ4n) is 2.01. The molecule has 0 amide bonds. The maximum atomic E-state index is 12.3. The van der Waals surface area contributed by atoms with Gasteiger partial charge in [-0.2, -0.15) is 0 Å². The van der Waals surface area contributed by atoms with Crippen LogP contribution in [0.5, 0.6) is 0 Å². The molecule has 0 aliphatic heterocycles. The van der Waals surface area contributed by atoms with Crippen molar-refractivity contribution in [2.45, 2.75) is 18.7 Å². The van der Waals surface area contributed by atoms with Gasteiger partial charge >= 0.3 is 0 Å². The van der Waals surface area contributed by atoms with E-state index in [-0.39, 0.29) is 17.2 Å². The van der Waals surface area contributed by atoms with Crippen molar-refractivity contribution in [2.75, 3.05) is 6.54 Å². The van der Waals surface area contributed by atoms with Crippen molar-refractivity contribution < 1.29 is 13.2 Å². The van der Waals surface area contributed by atoms with E-state index in [1.54, 1.807) is 42.5 Å². The maximum absolute atomic E-state index is 12.3. The predicted molar refractivity (Wildman–Crippen MR) is 96.5 cm³/mol. The molecule has 0 fully saturated rings. The third kappa shape index (κ3) is 5.03. The van der Waals surface area contributed by atoms with E-state index in [0.29, 0.717) is 10.6 Å². The molecule has 0 unspecified atom stereocenters. The molecule has 2 aromatic rings. The van der Waals surface area contributed by atoms with Gasteiger partial charge < -0.3 is 0 Å². The number of rotatable bonds is 6. The number of carbonyl (C=O) groups is 1. The van der Waals surface area contributed by atoms with E-state index in [0.717, 1.165) is 11.1 Å². The number of sulfonamides is 1. The van der Waals surface area contributed by atoms with E-state index in [4.69, 9.17) is 11.6 Å². The lowest BCUT2D eigenvalue weighted by Crippen LogP contribution is -2.27. The molecule has 0 saturated heterocycles. The van der Waals surface area contributed by atoms with Crippen molar-refractivity contribution in [3.63, 3.8) is 0 Å². The van der Waals surface area contributed by atoms with Crippen LogP contribution < -0.4 is 4.72 Å². The summed E-state index contributed by atoms with van der Waals surface area (Å²) in [6.07, 6.45) is 1.65. The normalized spacial score (nSPS) is 12.2. The molecule has 1 N–H and O–H groups in total. The molecule has 0 aromatic heterocycles. The Labute approximate surface area is 147 Å². The highest BCUT2D eigenvalue weighted by Crippen LogP contribution is 2.14. The first-order chi connectivity index (χ1) is 11.3. The van der Waals surface area contributed by atoms with Crippen LogP contribution in [-0.4, -0.2) is 20.7 Å². The second kappa shape index (κ2) is 7.75. The van der Waals surface area contributed by atoms with Crippen molar-refractivity contribution in [1.29, 1.82) is 0 Å². The molecule has 0 bridgehead atoms. The molecule has 0 saturated carbocycles. The SMILES string of the molecule is CC(=O)/C(=C/c1ccc(Cl)cc1)CNS(=O)(=O)c1ccc(C)cc1. The highest BCUT2D eigenvalue weighted by atomic mass is 35.5. The van der Waals surface area contributed by atoms with Crippen LogP contribution in [0, 0.1) is 6.92 Å². The summed E-state index contributed by atoms with van der Waals surface area (Å²) >= 11 is 5.83. The Morgan fingerprint density at radius 2 is 1.67 bits per heavy atom. The summed E-state index contributed by atoms with van der Waals surface area (Å²) in [6, 6.07) is 13.5. The fourth-order valence-corrected chi connectivity index (χ4v) is 3.14. The Morgan fingerprint density at radius 3 is 2.21 bits per heavy atom. The lowest BCUT2D eigenvalue weighted by atomic mass is 10.1. The average molecular weight is 364 g/mol. The predicted octanol–water partition coefficient (Wildman–Crippen LogP) is 3.60. The summed E-state index contributed by atoms with van der Waals surface area (Å²) < 4.78 is 27.1. The van der Waals surface area contributed by atoms with Crippen molar-refractivity contribution in [3.05, 3.63) is 70.3 Å². The minimum Gasteiger partial charge on any atom is -0.295 e. The number of hydrogen-bond donors (Lipinski definition) is 1. The molecule has 24 heavy (non-hydrogen) atoms. The van der Waals surface area contributed by atoms with Gasteiger partial charge in [-0.05, 0) is 49.8 Å². The third-order valence-electron chi connectivity index (χ3n) is 3.45. The van der Waals surface area contributed by atoms with E-state index in [9.17, 15) is 13.2 Å². The van der Waals surface area contributed by atoms with Gasteiger partial charge in [0.15, 0.2) is 5.78 Å². The first-order valence-corrected chi connectivity index (χ1v) is 9.17. The number of aryl methyl sites for hydroxylation is 1. The van der Waals surface area contributed by atoms with Gasteiger partial charge in [-0.25, -0.2) is 13.1 Å². The summed E-state index contributed by atoms with van der Waals surface area (Å²) in [5.41, 5.74) is 2.12. The summed E-state index contributed by atoms with van der Waals surface area (Å²) in [6.45, 7) is 3.21. The highest BCUT2D eigenvalue weighted by Gasteiger charge is 2.15. The van der Waals surface area contributed by atoms with Crippen molar-refractivity contribution in [1.82, 2.24) is 4.72 Å². The number of nitrogens with one attached hydrogen (secondary N) is 1. The fraction of sp³-hybridized carbons (Fsp3) is 0.167. The third-order valence-corrected chi connectivity index (χ3v) is 5.12. The second-order valence-electron chi connectivity index (χ2n) is 5.41. The quantitative estimate of drug-likeness (QED) is 0.797. The lowest BCUT2D eigenvalue weighted by molar-refractivity contribution is -0.113. The number of ketones is 1. The summed E-state index contributed by atoms with van der Waals surface area (Å²) in [5.74, 6) is -0.198. The zero-order chi connectivity index (χ0) is 17.7. The Hall–Kier alpha value is -1.95. The first kappa shape index (κ1) is 18.4. The summed E-state index contributed by atoms with van der Waals surface area (Å²) in [4.78, 5) is 12.0. The largest absolute Gasteiger partial charge is 0.295 e. The highest BCUT2D eigenvalue weighted by molar-refractivity contribution is 7.89. The molecule has 126 valence electrons. The first-order valence-electron chi connectivity index (χ1n) is 7.31. The van der Waals surface area contributed by atoms with Crippen LogP contribution in [0.15, 0.2) is 59.0 Å². The number of benzene rings is 2. The van der Waals surface area contributed by atoms with E-state index in [1.807, 2.05) is 6.92 Å². The van der Waals surface area contributed by atoms with Gasteiger partial charge in [-0.15, -0.1) is 0 Å². The Kier molecular flexibility index (Phi) is 5.94. The van der Waals surface area contributed by atoms with E-state index in [2.05, 4.69) is 4.72 Å². The van der Waals surface area contributed by atoms with Crippen molar-refractivity contribution >= 4 is 33.5 Å². The van der Waals surface area contributed by atoms with Crippen LogP contribution in [0.1, 0.15) is 18.1 Å². The van der Waals surface area contributed by atoms with Gasteiger partial charge in [-0.3, -0.25) is 4.79 Å². The molecule has 0 atom stereocenters. The molecule has 0 aliphatic carbocycles. The zero-order valence-corrected chi connectivity index (χ0v) is 15.0. The zero-order valence-electron chi connectivity index (χ0n) is 13.4. The van der Waals surface area contributed by atoms with E-state index >= 15 is 0 Å². The minimum absolute atomic E-state index is 0.0752. The molecule has 2 rings (SSSR count). The molecular formula is C18H18ClNO3S. The Morgan fingerprint density at radius 1 is 1.08 bits per heavy atom. The molecule has 0 aliphatic rings. The van der Waals surface area contributed by atoms with E-state index in [1.165, 1.54) is 19.1 Å². The van der Waals surface area contributed by atoms with Crippen LogP contribution in [0.4, 0.5) is 0 Å². The van der Waals surface area contributed by atoms with Gasteiger partial charge in [0, 0.05) is 17.1 Å². The maximum Gasteiger partial charge on any atom is 0.240 e. The standard InChI is InChI=1S/C18H18ClNO3S/c1-13-3-9-18(10-4-13)24(22,23)20-12-16(14(2)21)11-15-5-7-17(19)8-6-15/h3-11,20H,12H2,1-2H3/b16-11+. The Balaban J connectivity index is 2.18. The second-order valence-corrected chi connectivity index (χ2v) is 7.62.